The van der Waals surface area contributed by atoms with Gasteiger partial charge in [0.25, 0.3) is 0 Å². The lowest BCUT2D eigenvalue weighted by Crippen LogP contribution is -2.60. The molecule has 2 aromatic carbocycles. The first-order valence-corrected chi connectivity index (χ1v) is 9.27. The maximum atomic E-state index is 12.0. The number of phenolic OH excluding ortho intramolecular Hbond substituents is 3. The average molecular weight is 434 g/mol. The molecule has 2 aromatic rings. The first-order chi connectivity index (χ1) is 14.7. The molecule has 0 amide bonds. The summed E-state index contributed by atoms with van der Waals surface area (Å²) in [6.07, 6.45) is -5.10. The maximum Gasteiger partial charge on any atom is 0.330 e. The van der Waals surface area contributed by atoms with Crippen LogP contribution in [0.2, 0.25) is 0 Å². The zero-order chi connectivity index (χ0) is 22.5. The lowest BCUT2D eigenvalue weighted by atomic mass is 9.99. The Balaban J connectivity index is 1.60. The van der Waals surface area contributed by atoms with Crippen LogP contribution in [-0.2, 0) is 14.3 Å². The fourth-order valence-electron chi connectivity index (χ4n) is 2.86. The molecule has 10 nitrogen and oxygen atoms in total. The highest BCUT2D eigenvalue weighted by atomic mass is 16.7. The molecule has 166 valence electrons. The first kappa shape index (κ1) is 22.4. The molecule has 1 aliphatic heterocycles. The van der Waals surface area contributed by atoms with Gasteiger partial charge >= 0.3 is 5.97 Å². The van der Waals surface area contributed by atoms with Gasteiger partial charge in [-0.2, -0.15) is 0 Å². The molecule has 1 aliphatic rings. The monoisotopic (exact) mass is 434 g/mol. The summed E-state index contributed by atoms with van der Waals surface area (Å²) in [5.74, 6) is -0.856. The van der Waals surface area contributed by atoms with Gasteiger partial charge in [0.15, 0.2) is 0 Å². The Labute approximate surface area is 176 Å². The van der Waals surface area contributed by atoms with Gasteiger partial charge in [-0.05, 0) is 48.5 Å². The van der Waals surface area contributed by atoms with Crippen molar-refractivity contribution in [3.05, 3.63) is 54.1 Å². The number of rotatable bonds is 6. The molecule has 0 bridgehead atoms. The third-order valence-electron chi connectivity index (χ3n) is 4.56. The predicted molar refractivity (Wildman–Crippen MR) is 105 cm³/mol. The SMILES string of the molecule is O=C(C=Cc1cc(O)ccc1O)OC[C@H]1O[C@@H](Oc2ccc(O)cc2)[C@H](O)[C@@H](O)[C@@H]1O. The Morgan fingerprint density at radius 2 is 1.61 bits per heavy atom. The van der Waals surface area contributed by atoms with E-state index in [4.69, 9.17) is 14.2 Å². The number of hydrogen-bond donors (Lipinski definition) is 6. The van der Waals surface area contributed by atoms with Crippen molar-refractivity contribution in [1.29, 1.82) is 0 Å². The van der Waals surface area contributed by atoms with E-state index in [1.807, 2.05) is 0 Å². The maximum absolute atomic E-state index is 12.0. The van der Waals surface area contributed by atoms with E-state index >= 15 is 0 Å². The van der Waals surface area contributed by atoms with E-state index in [1.54, 1.807) is 0 Å². The molecule has 0 unspecified atom stereocenters. The second kappa shape index (κ2) is 9.67. The molecule has 0 radical (unpaired) electrons. The van der Waals surface area contributed by atoms with Crippen LogP contribution in [0.1, 0.15) is 5.56 Å². The summed E-state index contributed by atoms with van der Waals surface area (Å²) in [7, 11) is 0. The van der Waals surface area contributed by atoms with Crippen LogP contribution < -0.4 is 4.74 Å². The summed E-state index contributed by atoms with van der Waals surface area (Å²) >= 11 is 0. The highest BCUT2D eigenvalue weighted by molar-refractivity contribution is 5.87. The zero-order valence-electron chi connectivity index (χ0n) is 16.1. The number of carbonyl (C=O) groups is 1. The summed E-state index contributed by atoms with van der Waals surface area (Å²) in [6.45, 7) is -0.463. The molecule has 0 aliphatic carbocycles. The predicted octanol–water partition coefficient (Wildman–Crippen LogP) is 0.246. The number of aliphatic hydroxyl groups excluding tert-OH is 3. The largest absolute Gasteiger partial charge is 0.508 e. The molecule has 1 saturated heterocycles. The van der Waals surface area contributed by atoms with E-state index in [0.29, 0.717) is 0 Å². The molecule has 0 aromatic heterocycles. The highest BCUT2D eigenvalue weighted by Gasteiger charge is 2.45. The van der Waals surface area contributed by atoms with Gasteiger partial charge in [-0.15, -0.1) is 0 Å². The molecule has 0 spiro atoms. The van der Waals surface area contributed by atoms with Crippen molar-refractivity contribution in [1.82, 2.24) is 0 Å². The Morgan fingerprint density at radius 3 is 2.32 bits per heavy atom. The zero-order valence-corrected chi connectivity index (χ0v) is 16.1. The topological polar surface area (TPSA) is 166 Å². The minimum Gasteiger partial charge on any atom is -0.508 e. The summed E-state index contributed by atoms with van der Waals surface area (Å²) in [4.78, 5) is 12.0. The van der Waals surface area contributed by atoms with Gasteiger partial charge in [0.2, 0.25) is 6.29 Å². The quantitative estimate of drug-likeness (QED) is 0.211. The fraction of sp³-hybridized carbons (Fsp3) is 0.286. The molecule has 10 heteroatoms. The van der Waals surface area contributed by atoms with Crippen molar-refractivity contribution >= 4 is 12.0 Å². The second-order valence-corrected chi connectivity index (χ2v) is 6.83. The summed E-state index contributed by atoms with van der Waals surface area (Å²) in [6, 6.07) is 9.32. The third kappa shape index (κ3) is 5.64. The van der Waals surface area contributed by atoms with Gasteiger partial charge < -0.3 is 44.8 Å². The van der Waals surface area contributed by atoms with E-state index < -0.39 is 43.3 Å². The second-order valence-electron chi connectivity index (χ2n) is 6.83. The standard InChI is InChI=1S/C21H22O10/c22-12-2-5-14(6-3-12)30-21-20(28)19(27)18(26)16(31-21)10-29-17(25)8-1-11-9-13(23)4-7-15(11)24/h1-9,16,18-24,26-28H,10H2/t16-,18-,19+,20-,21-/m1/s1. The molecular weight excluding hydrogens is 412 g/mol. The number of carbonyl (C=O) groups excluding carboxylic acids is 1. The normalized spacial score (nSPS) is 26.0. The highest BCUT2D eigenvalue weighted by Crippen LogP contribution is 2.26. The van der Waals surface area contributed by atoms with Crippen LogP contribution in [-0.4, -0.2) is 73.9 Å². The van der Waals surface area contributed by atoms with Gasteiger partial charge in [-0.1, -0.05) is 0 Å². The van der Waals surface area contributed by atoms with Gasteiger partial charge in [-0.3, -0.25) is 0 Å². The Hall–Kier alpha value is -3.31. The van der Waals surface area contributed by atoms with E-state index in [2.05, 4.69) is 0 Å². The average Bonchev–Trinajstić information content (AvgIpc) is 2.75. The minimum atomic E-state index is -1.63. The van der Waals surface area contributed by atoms with Crippen molar-refractivity contribution in [2.24, 2.45) is 0 Å². The Kier molecular flexibility index (Phi) is 6.98. The van der Waals surface area contributed by atoms with Crippen LogP contribution in [0.15, 0.2) is 48.5 Å². The molecule has 1 heterocycles. The number of hydrogen-bond acceptors (Lipinski definition) is 10. The van der Waals surface area contributed by atoms with E-state index in [9.17, 15) is 35.4 Å². The number of benzene rings is 2. The molecule has 31 heavy (non-hydrogen) atoms. The van der Waals surface area contributed by atoms with E-state index in [0.717, 1.165) is 6.08 Å². The van der Waals surface area contributed by atoms with Crippen molar-refractivity contribution in [3.63, 3.8) is 0 Å². The third-order valence-corrected chi connectivity index (χ3v) is 4.56. The van der Waals surface area contributed by atoms with Crippen LogP contribution >= 0.6 is 0 Å². The number of aromatic hydroxyl groups is 3. The molecule has 1 fully saturated rings. The Morgan fingerprint density at radius 1 is 0.935 bits per heavy atom. The van der Waals surface area contributed by atoms with Crippen LogP contribution in [0, 0.1) is 0 Å². The molecule has 3 rings (SSSR count). The molecule has 6 N–H and O–H groups in total. The molecule has 0 saturated carbocycles. The van der Waals surface area contributed by atoms with Crippen LogP contribution in [0.4, 0.5) is 0 Å². The van der Waals surface area contributed by atoms with Crippen molar-refractivity contribution in [2.75, 3.05) is 6.61 Å². The van der Waals surface area contributed by atoms with E-state index in [1.165, 1.54) is 48.5 Å². The van der Waals surface area contributed by atoms with Crippen molar-refractivity contribution in [3.8, 4) is 23.0 Å². The number of esters is 1. The summed E-state index contributed by atoms with van der Waals surface area (Å²) < 4.78 is 15.9. The summed E-state index contributed by atoms with van der Waals surface area (Å²) in [5, 5.41) is 58.7. The first-order valence-electron chi connectivity index (χ1n) is 9.27. The Bertz CT molecular complexity index is 926. The minimum absolute atomic E-state index is 0.00444. The van der Waals surface area contributed by atoms with Crippen LogP contribution in [0.25, 0.3) is 6.08 Å². The van der Waals surface area contributed by atoms with Crippen LogP contribution in [0.5, 0.6) is 23.0 Å². The van der Waals surface area contributed by atoms with Gasteiger partial charge in [0.1, 0.15) is 54.0 Å². The lowest BCUT2D eigenvalue weighted by Gasteiger charge is -2.39. The van der Waals surface area contributed by atoms with Gasteiger partial charge in [-0.25, -0.2) is 4.79 Å². The number of ether oxygens (including phenoxy) is 3. The summed E-state index contributed by atoms with van der Waals surface area (Å²) in [5.41, 5.74) is 0.187. The fourth-order valence-corrected chi connectivity index (χ4v) is 2.86. The van der Waals surface area contributed by atoms with Crippen molar-refractivity contribution < 1.29 is 49.6 Å². The van der Waals surface area contributed by atoms with Crippen LogP contribution in [0.3, 0.4) is 0 Å². The van der Waals surface area contributed by atoms with E-state index in [-0.39, 0.29) is 28.6 Å². The van der Waals surface area contributed by atoms with Crippen molar-refractivity contribution in [2.45, 2.75) is 30.7 Å². The molecule has 5 atom stereocenters. The number of phenols is 3. The molecular formula is C21H22O10. The smallest absolute Gasteiger partial charge is 0.330 e. The van der Waals surface area contributed by atoms with Gasteiger partial charge in [0.05, 0.1) is 0 Å². The lowest BCUT2D eigenvalue weighted by molar-refractivity contribution is -0.278. The van der Waals surface area contributed by atoms with Gasteiger partial charge in [0, 0.05) is 11.6 Å². The number of aliphatic hydroxyl groups is 3.